The second kappa shape index (κ2) is 5.53. The molecule has 19 heavy (non-hydrogen) atoms. The summed E-state index contributed by atoms with van der Waals surface area (Å²) in [7, 11) is 1.54. The minimum Gasteiger partial charge on any atom is -0.496 e. The molecule has 0 saturated heterocycles. The summed E-state index contributed by atoms with van der Waals surface area (Å²) >= 11 is 3.23. The van der Waals surface area contributed by atoms with Crippen molar-refractivity contribution >= 4 is 21.7 Å². The maximum atomic E-state index is 13.7. The van der Waals surface area contributed by atoms with Gasteiger partial charge in [0, 0.05) is 10.0 Å². The number of ether oxygens (including phenoxy) is 1. The maximum Gasteiger partial charge on any atom is 0.196 e. The van der Waals surface area contributed by atoms with Crippen LogP contribution in [0.5, 0.6) is 5.75 Å². The van der Waals surface area contributed by atoms with Crippen molar-refractivity contribution in [2.75, 3.05) is 7.11 Å². The first-order valence-electron chi connectivity index (χ1n) is 5.67. The van der Waals surface area contributed by atoms with Crippen LogP contribution in [0.25, 0.3) is 0 Å². The van der Waals surface area contributed by atoms with Crippen LogP contribution in [0, 0.1) is 12.7 Å². The van der Waals surface area contributed by atoms with E-state index in [0.29, 0.717) is 15.8 Å². The van der Waals surface area contributed by atoms with Gasteiger partial charge in [0.15, 0.2) is 5.78 Å². The van der Waals surface area contributed by atoms with Crippen LogP contribution in [0.15, 0.2) is 40.9 Å². The van der Waals surface area contributed by atoms with E-state index in [4.69, 9.17) is 4.74 Å². The number of benzene rings is 2. The number of hydrogen-bond donors (Lipinski definition) is 0. The summed E-state index contributed by atoms with van der Waals surface area (Å²) in [5.74, 6) is -0.286. The number of carbonyl (C=O) groups is 1. The van der Waals surface area contributed by atoms with Gasteiger partial charge in [-0.15, -0.1) is 0 Å². The summed E-state index contributed by atoms with van der Waals surface area (Å²) in [5.41, 5.74) is 1.37. The Labute approximate surface area is 119 Å². The van der Waals surface area contributed by atoms with Gasteiger partial charge in [-0.25, -0.2) is 4.39 Å². The second-order valence-electron chi connectivity index (χ2n) is 4.14. The van der Waals surface area contributed by atoms with Gasteiger partial charge < -0.3 is 4.74 Å². The molecule has 2 rings (SSSR count). The topological polar surface area (TPSA) is 26.3 Å². The Kier molecular flexibility index (Phi) is 4.00. The molecular weight excluding hydrogens is 311 g/mol. The summed E-state index contributed by atoms with van der Waals surface area (Å²) in [5, 5.41) is 0. The molecule has 0 atom stereocenters. The van der Waals surface area contributed by atoms with E-state index in [1.165, 1.54) is 19.2 Å². The van der Waals surface area contributed by atoms with Crippen molar-refractivity contribution < 1.29 is 13.9 Å². The molecule has 0 bridgehead atoms. The van der Waals surface area contributed by atoms with E-state index >= 15 is 0 Å². The van der Waals surface area contributed by atoms with Gasteiger partial charge in [-0.05, 0) is 36.8 Å². The predicted octanol–water partition coefficient (Wildman–Crippen LogP) is 4.14. The molecule has 0 amide bonds. The molecule has 0 aliphatic heterocycles. The van der Waals surface area contributed by atoms with Crippen molar-refractivity contribution in [1.29, 1.82) is 0 Å². The summed E-state index contributed by atoms with van der Waals surface area (Å²) in [4.78, 5) is 12.3. The largest absolute Gasteiger partial charge is 0.496 e. The van der Waals surface area contributed by atoms with Crippen molar-refractivity contribution in [3.63, 3.8) is 0 Å². The lowest BCUT2D eigenvalue weighted by Crippen LogP contribution is -2.05. The smallest absolute Gasteiger partial charge is 0.196 e. The first-order chi connectivity index (χ1) is 9.02. The molecule has 0 unspecified atom stereocenters. The molecule has 0 radical (unpaired) electrons. The minimum absolute atomic E-state index is 0.0419. The van der Waals surface area contributed by atoms with Crippen LogP contribution in [-0.4, -0.2) is 12.9 Å². The number of halogens is 2. The maximum absolute atomic E-state index is 13.7. The van der Waals surface area contributed by atoms with Gasteiger partial charge in [0.1, 0.15) is 11.6 Å². The Morgan fingerprint density at radius 3 is 2.63 bits per heavy atom. The van der Waals surface area contributed by atoms with Gasteiger partial charge in [-0.1, -0.05) is 28.1 Å². The molecule has 0 N–H and O–H groups in total. The van der Waals surface area contributed by atoms with Crippen LogP contribution in [0.2, 0.25) is 0 Å². The number of ketones is 1. The fourth-order valence-electron chi connectivity index (χ4n) is 1.79. The molecule has 0 heterocycles. The zero-order valence-electron chi connectivity index (χ0n) is 10.5. The van der Waals surface area contributed by atoms with Crippen LogP contribution in [0.1, 0.15) is 21.5 Å². The molecule has 0 spiro atoms. The molecule has 0 aromatic heterocycles. The molecule has 0 saturated carbocycles. The van der Waals surface area contributed by atoms with E-state index in [1.807, 2.05) is 6.92 Å². The minimum atomic E-state index is -0.534. The number of hydrogen-bond acceptors (Lipinski definition) is 2. The summed E-state index contributed by atoms with van der Waals surface area (Å²) in [6.45, 7) is 1.88. The lowest BCUT2D eigenvalue weighted by atomic mass is 10.0. The summed E-state index contributed by atoms with van der Waals surface area (Å²) in [6, 6.07) is 9.37. The first kappa shape index (κ1) is 13.7. The Morgan fingerprint density at radius 2 is 1.95 bits per heavy atom. The number of rotatable bonds is 3. The van der Waals surface area contributed by atoms with Gasteiger partial charge in [0.25, 0.3) is 0 Å². The fraction of sp³-hybridized carbons (Fsp3) is 0.133. The average molecular weight is 323 g/mol. The predicted molar refractivity (Wildman–Crippen MR) is 75.3 cm³/mol. The SMILES string of the molecule is COc1cc(C(=O)c2cc(Br)ccc2F)ccc1C. The number of aryl methyl sites for hydroxylation is 1. The van der Waals surface area contributed by atoms with Gasteiger partial charge >= 0.3 is 0 Å². The van der Waals surface area contributed by atoms with Gasteiger partial charge in [-0.2, -0.15) is 0 Å². The Bertz CT molecular complexity index is 638. The third-order valence-corrected chi connectivity index (χ3v) is 3.34. The van der Waals surface area contributed by atoms with E-state index < -0.39 is 5.82 Å². The van der Waals surface area contributed by atoms with Crippen molar-refractivity contribution in [2.24, 2.45) is 0 Å². The van der Waals surface area contributed by atoms with Crippen molar-refractivity contribution in [3.05, 3.63) is 63.4 Å². The third-order valence-electron chi connectivity index (χ3n) is 2.84. The van der Waals surface area contributed by atoms with E-state index in [0.717, 1.165) is 5.56 Å². The quantitative estimate of drug-likeness (QED) is 0.794. The summed E-state index contributed by atoms with van der Waals surface area (Å²) in [6.07, 6.45) is 0. The normalized spacial score (nSPS) is 10.3. The van der Waals surface area contributed by atoms with E-state index in [1.54, 1.807) is 24.3 Å². The fourth-order valence-corrected chi connectivity index (χ4v) is 2.15. The van der Waals surface area contributed by atoms with E-state index in [9.17, 15) is 9.18 Å². The molecule has 0 fully saturated rings. The van der Waals surface area contributed by atoms with Crippen molar-refractivity contribution in [2.45, 2.75) is 6.92 Å². The standard InChI is InChI=1S/C15H12BrFO2/c1-9-3-4-10(7-14(9)19-2)15(18)12-8-11(16)5-6-13(12)17/h3-8H,1-2H3. The first-order valence-corrected chi connectivity index (χ1v) is 6.46. The van der Waals surface area contributed by atoms with Crippen LogP contribution in [0.4, 0.5) is 4.39 Å². The highest BCUT2D eigenvalue weighted by molar-refractivity contribution is 9.10. The molecule has 2 nitrogen and oxygen atoms in total. The monoisotopic (exact) mass is 322 g/mol. The highest BCUT2D eigenvalue weighted by Crippen LogP contribution is 2.23. The molecule has 0 aliphatic carbocycles. The van der Waals surface area contributed by atoms with E-state index in [-0.39, 0.29) is 11.3 Å². The molecule has 2 aromatic carbocycles. The van der Waals surface area contributed by atoms with Crippen LogP contribution in [-0.2, 0) is 0 Å². The molecule has 4 heteroatoms. The zero-order valence-corrected chi connectivity index (χ0v) is 12.1. The molecular formula is C15H12BrFO2. The van der Waals surface area contributed by atoms with Crippen molar-refractivity contribution in [3.8, 4) is 5.75 Å². The Morgan fingerprint density at radius 1 is 1.21 bits per heavy atom. The molecule has 0 aliphatic rings. The second-order valence-corrected chi connectivity index (χ2v) is 5.05. The molecule has 98 valence electrons. The third kappa shape index (κ3) is 2.84. The van der Waals surface area contributed by atoms with E-state index in [2.05, 4.69) is 15.9 Å². The van der Waals surface area contributed by atoms with Gasteiger partial charge in [-0.3, -0.25) is 4.79 Å². The Hall–Kier alpha value is -1.68. The lowest BCUT2D eigenvalue weighted by Gasteiger charge is -2.08. The molecule has 2 aromatic rings. The number of carbonyl (C=O) groups excluding carboxylic acids is 1. The summed E-state index contributed by atoms with van der Waals surface area (Å²) < 4.78 is 19.5. The van der Waals surface area contributed by atoms with Crippen LogP contribution < -0.4 is 4.74 Å². The number of methoxy groups -OCH3 is 1. The average Bonchev–Trinajstić information content (AvgIpc) is 2.41. The van der Waals surface area contributed by atoms with Gasteiger partial charge in [0.2, 0.25) is 0 Å². The van der Waals surface area contributed by atoms with Crippen LogP contribution >= 0.6 is 15.9 Å². The zero-order chi connectivity index (χ0) is 14.0. The Balaban J connectivity index is 2.47. The highest BCUT2D eigenvalue weighted by Gasteiger charge is 2.15. The lowest BCUT2D eigenvalue weighted by molar-refractivity contribution is 0.103. The van der Waals surface area contributed by atoms with Crippen LogP contribution in [0.3, 0.4) is 0 Å². The highest BCUT2D eigenvalue weighted by atomic mass is 79.9. The van der Waals surface area contributed by atoms with Crippen molar-refractivity contribution in [1.82, 2.24) is 0 Å². The van der Waals surface area contributed by atoms with Gasteiger partial charge in [0.05, 0.1) is 12.7 Å².